The highest BCUT2D eigenvalue weighted by Gasteiger charge is 2.40. The predicted octanol–water partition coefficient (Wildman–Crippen LogP) is 7.89. The van der Waals surface area contributed by atoms with Gasteiger partial charge < -0.3 is 18.6 Å². The van der Waals surface area contributed by atoms with Gasteiger partial charge in [0.05, 0.1) is 12.0 Å². The molecule has 5 nitrogen and oxygen atoms in total. The van der Waals surface area contributed by atoms with Gasteiger partial charge in [-0.2, -0.15) is 13.2 Å². The zero-order valence-electron chi connectivity index (χ0n) is 18.1. The van der Waals surface area contributed by atoms with E-state index < -0.39 is 23.1 Å². The Labute approximate surface area is 207 Å². The van der Waals surface area contributed by atoms with E-state index in [9.17, 15) is 18.0 Å². The van der Waals surface area contributed by atoms with Crippen LogP contribution in [0.1, 0.15) is 18.2 Å². The zero-order valence-corrected chi connectivity index (χ0v) is 19.6. The van der Waals surface area contributed by atoms with E-state index in [-0.39, 0.29) is 41.4 Å². The van der Waals surface area contributed by atoms with E-state index in [1.807, 2.05) is 0 Å². The van der Waals surface area contributed by atoms with Crippen molar-refractivity contribution in [3.63, 3.8) is 0 Å². The topological polar surface area (TPSA) is 57.9 Å². The Morgan fingerprint density at radius 3 is 2.37 bits per heavy atom. The Morgan fingerprint density at radius 2 is 1.69 bits per heavy atom. The van der Waals surface area contributed by atoms with E-state index in [4.69, 9.17) is 41.8 Å². The molecule has 0 aliphatic rings. The zero-order chi connectivity index (χ0) is 25.2. The van der Waals surface area contributed by atoms with Crippen LogP contribution in [0.15, 0.2) is 69.9 Å². The molecule has 35 heavy (non-hydrogen) atoms. The van der Waals surface area contributed by atoms with Crippen molar-refractivity contribution in [1.82, 2.24) is 0 Å². The Hall–Kier alpha value is -3.36. The molecule has 0 atom stereocenters. The molecule has 10 heteroatoms. The van der Waals surface area contributed by atoms with Crippen molar-refractivity contribution >= 4 is 34.2 Å². The molecule has 1 heterocycles. The SMILES string of the molecule is CCOc1ccccc1Oc1c(C(F)(F)F)oc2cc(OCc3ccc(Cl)cc3Cl)ccc2c1=O. The van der Waals surface area contributed by atoms with Crippen LogP contribution in [-0.2, 0) is 12.8 Å². The van der Waals surface area contributed by atoms with Gasteiger partial charge in [-0.05, 0) is 43.3 Å². The second-order valence-corrected chi connectivity index (χ2v) is 8.10. The summed E-state index contributed by atoms with van der Waals surface area (Å²) < 4.78 is 63.1. The molecule has 0 aliphatic carbocycles. The van der Waals surface area contributed by atoms with Crippen LogP contribution in [0.2, 0.25) is 10.0 Å². The Morgan fingerprint density at radius 1 is 0.943 bits per heavy atom. The van der Waals surface area contributed by atoms with Gasteiger partial charge in [0.15, 0.2) is 11.5 Å². The van der Waals surface area contributed by atoms with E-state index in [0.717, 1.165) is 0 Å². The summed E-state index contributed by atoms with van der Waals surface area (Å²) in [4.78, 5) is 13.0. The van der Waals surface area contributed by atoms with Gasteiger partial charge in [0.2, 0.25) is 11.2 Å². The summed E-state index contributed by atoms with van der Waals surface area (Å²) in [5.41, 5.74) is -0.685. The van der Waals surface area contributed by atoms with Gasteiger partial charge in [0, 0.05) is 21.7 Å². The number of halogens is 5. The molecule has 0 unspecified atom stereocenters. The molecular formula is C25H17Cl2F3O5. The van der Waals surface area contributed by atoms with Crippen molar-refractivity contribution in [3.8, 4) is 23.0 Å². The molecule has 0 spiro atoms. The van der Waals surface area contributed by atoms with Gasteiger partial charge >= 0.3 is 6.18 Å². The van der Waals surface area contributed by atoms with Crippen LogP contribution in [0.25, 0.3) is 11.0 Å². The van der Waals surface area contributed by atoms with Crippen LogP contribution >= 0.6 is 23.2 Å². The summed E-state index contributed by atoms with van der Waals surface area (Å²) in [5.74, 6) is -2.24. The van der Waals surface area contributed by atoms with Crippen molar-refractivity contribution in [2.75, 3.05) is 6.61 Å². The average molecular weight is 525 g/mol. The third kappa shape index (κ3) is 5.49. The summed E-state index contributed by atoms with van der Waals surface area (Å²) in [5, 5.41) is 0.713. The lowest BCUT2D eigenvalue weighted by molar-refractivity contribution is -0.154. The highest BCUT2D eigenvalue weighted by molar-refractivity contribution is 6.35. The molecule has 0 saturated carbocycles. The van der Waals surface area contributed by atoms with Gasteiger partial charge in [-0.25, -0.2) is 0 Å². The first-order valence-electron chi connectivity index (χ1n) is 10.3. The average Bonchev–Trinajstić information content (AvgIpc) is 2.80. The van der Waals surface area contributed by atoms with E-state index in [1.54, 1.807) is 37.3 Å². The molecule has 3 aromatic carbocycles. The Balaban J connectivity index is 1.73. The number of benzene rings is 3. The van der Waals surface area contributed by atoms with E-state index in [0.29, 0.717) is 15.6 Å². The molecule has 1 aromatic heterocycles. The molecule has 182 valence electrons. The normalized spacial score (nSPS) is 11.5. The number of para-hydroxylation sites is 2. The standard InChI is InChI=1S/C25H17Cl2F3O5/c1-2-32-19-5-3-4-6-20(19)34-23-22(31)17-10-9-16(12-21(17)35-24(23)25(28,29)30)33-13-14-7-8-15(26)11-18(14)27/h3-12H,2,13H2,1H3. The first kappa shape index (κ1) is 24.8. The highest BCUT2D eigenvalue weighted by atomic mass is 35.5. The molecule has 0 bridgehead atoms. The Bertz CT molecular complexity index is 1430. The molecule has 0 aliphatic heterocycles. The molecular weight excluding hydrogens is 508 g/mol. The van der Waals surface area contributed by atoms with Crippen molar-refractivity contribution in [2.45, 2.75) is 19.7 Å². The van der Waals surface area contributed by atoms with Crippen LogP contribution in [0.4, 0.5) is 13.2 Å². The summed E-state index contributed by atoms with van der Waals surface area (Å²) in [6, 6.07) is 14.9. The molecule has 0 amide bonds. The van der Waals surface area contributed by atoms with Gasteiger partial charge in [-0.15, -0.1) is 0 Å². The number of alkyl halides is 3. The van der Waals surface area contributed by atoms with Gasteiger partial charge in [-0.1, -0.05) is 41.4 Å². The molecule has 0 fully saturated rings. The second-order valence-electron chi connectivity index (χ2n) is 7.25. The maximum Gasteiger partial charge on any atom is 0.453 e. The lowest BCUT2D eigenvalue weighted by atomic mass is 10.2. The number of fused-ring (bicyclic) bond motifs is 1. The number of hydrogen-bond donors (Lipinski definition) is 0. The van der Waals surface area contributed by atoms with Gasteiger partial charge in [0.1, 0.15) is 17.9 Å². The molecule has 4 aromatic rings. The number of hydrogen-bond acceptors (Lipinski definition) is 5. The largest absolute Gasteiger partial charge is 0.490 e. The summed E-state index contributed by atoms with van der Waals surface area (Å²) in [6.45, 7) is 1.99. The molecule has 0 radical (unpaired) electrons. The first-order chi connectivity index (χ1) is 16.7. The highest BCUT2D eigenvalue weighted by Crippen LogP contribution is 2.40. The lowest BCUT2D eigenvalue weighted by Crippen LogP contribution is -2.15. The molecule has 0 saturated heterocycles. The summed E-state index contributed by atoms with van der Waals surface area (Å²) in [6.07, 6.45) is -5.00. The monoisotopic (exact) mass is 524 g/mol. The fraction of sp³-hybridized carbons (Fsp3) is 0.160. The number of ether oxygens (including phenoxy) is 3. The molecule has 4 rings (SSSR count). The minimum Gasteiger partial charge on any atom is -0.490 e. The summed E-state index contributed by atoms with van der Waals surface area (Å²) >= 11 is 12.0. The minimum atomic E-state index is -5.00. The van der Waals surface area contributed by atoms with Gasteiger partial charge in [-0.3, -0.25) is 4.79 Å². The maximum atomic E-state index is 13.9. The van der Waals surface area contributed by atoms with Crippen molar-refractivity contribution < 1.29 is 31.8 Å². The quantitative estimate of drug-likeness (QED) is 0.246. The smallest absolute Gasteiger partial charge is 0.453 e. The van der Waals surface area contributed by atoms with E-state index in [2.05, 4.69) is 0 Å². The van der Waals surface area contributed by atoms with E-state index in [1.165, 1.54) is 30.3 Å². The van der Waals surface area contributed by atoms with E-state index >= 15 is 0 Å². The fourth-order valence-corrected chi connectivity index (χ4v) is 3.71. The van der Waals surface area contributed by atoms with Crippen molar-refractivity contribution in [1.29, 1.82) is 0 Å². The van der Waals surface area contributed by atoms with Crippen LogP contribution in [0, 0.1) is 0 Å². The molecule has 0 N–H and O–H groups in total. The first-order valence-corrected chi connectivity index (χ1v) is 11.1. The van der Waals surface area contributed by atoms with Crippen molar-refractivity contribution in [3.05, 3.63) is 92.3 Å². The van der Waals surface area contributed by atoms with Gasteiger partial charge in [0.25, 0.3) is 5.76 Å². The van der Waals surface area contributed by atoms with Crippen LogP contribution in [0.5, 0.6) is 23.0 Å². The minimum absolute atomic E-state index is 0.0211. The van der Waals surface area contributed by atoms with Crippen molar-refractivity contribution in [2.24, 2.45) is 0 Å². The second kappa shape index (κ2) is 10.1. The maximum absolute atomic E-state index is 13.9. The predicted molar refractivity (Wildman–Crippen MR) is 126 cm³/mol. The summed E-state index contributed by atoms with van der Waals surface area (Å²) in [7, 11) is 0. The number of rotatable bonds is 7. The van der Waals surface area contributed by atoms with Crippen LogP contribution in [0.3, 0.4) is 0 Å². The lowest BCUT2D eigenvalue weighted by Gasteiger charge is -2.15. The van der Waals surface area contributed by atoms with Crippen LogP contribution < -0.4 is 19.6 Å². The third-order valence-corrected chi connectivity index (χ3v) is 5.44. The fourth-order valence-electron chi connectivity index (χ4n) is 3.24. The third-order valence-electron chi connectivity index (χ3n) is 4.85. The van der Waals surface area contributed by atoms with Crippen LogP contribution in [-0.4, -0.2) is 6.61 Å². The Kier molecular flexibility index (Phi) is 7.14.